The van der Waals surface area contributed by atoms with E-state index in [-0.39, 0.29) is 31.6 Å². The molecule has 0 N–H and O–H groups in total. The van der Waals surface area contributed by atoms with Gasteiger partial charge in [-0.3, -0.25) is 14.4 Å². The molecule has 0 aliphatic carbocycles. The number of carbonyl (C=O) groups is 3. The van der Waals surface area contributed by atoms with Crippen LogP contribution in [0.4, 0.5) is 0 Å². The van der Waals surface area contributed by atoms with Gasteiger partial charge < -0.3 is 14.2 Å². The number of hydrogen-bond donors (Lipinski definition) is 0. The summed E-state index contributed by atoms with van der Waals surface area (Å²) in [4.78, 5) is 37.9. The fraction of sp³-hybridized carbons (Fsp3) is 0.589. The van der Waals surface area contributed by atoms with E-state index >= 15 is 0 Å². The van der Waals surface area contributed by atoms with Crippen LogP contribution in [-0.2, 0) is 28.6 Å². The van der Waals surface area contributed by atoms with Gasteiger partial charge in [-0.2, -0.15) is 0 Å². The van der Waals surface area contributed by atoms with Crippen molar-refractivity contribution in [2.45, 2.75) is 200 Å². The second-order valence-corrected chi connectivity index (χ2v) is 15.9. The quantitative estimate of drug-likeness (QED) is 0.0263. The van der Waals surface area contributed by atoms with E-state index in [4.69, 9.17) is 14.2 Å². The van der Waals surface area contributed by atoms with Crippen molar-refractivity contribution in [2.75, 3.05) is 13.2 Å². The zero-order valence-corrected chi connectivity index (χ0v) is 39.6. The van der Waals surface area contributed by atoms with Crippen molar-refractivity contribution in [3.8, 4) is 0 Å². The van der Waals surface area contributed by atoms with Gasteiger partial charge in [0, 0.05) is 19.3 Å². The van der Waals surface area contributed by atoms with Crippen molar-refractivity contribution in [2.24, 2.45) is 0 Å². The van der Waals surface area contributed by atoms with Crippen LogP contribution in [0.3, 0.4) is 0 Å². The van der Waals surface area contributed by atoms with Crippen molar-refractivity contribution in [1.29, 1.82) is 0 Å². The topological polar surface area (TPSA) is 78.9 Å². The van der Waals surface area contributed by atoms with Crippen LogP contribution in [0.15, 0.2) is 122 Å². The number of esters is 3. The summed E-state index contributed by atoms with van der Waals surface area (Å²) in [5.41, 5.74) is 0. The Hall–Kier alpha value is -4.19. The van der Waals surface area contributed by atoms with Crippen molar-refractivity contribution in [3.05, 3.63) is 122 Å². The molecule has 0 saturated heterocycles. The molecule has 0 aromatic heterocycles. The lowest BCUT2D eigenvalue weighted by Crippen LogP contribution is -2.30. The van der Waals surface area contributed by atoms with Gasteiger partial charge in [0.1, 0.15) is 13.2 Å². The second-order valence-electron chi connectivity index (χ2n) is 15.9. The van der Waals surface area contributed by atoms with Gasteiger partial charge in [0.15, 0.2) is 6.10 Å². The SMILES string of the molecule is CC\C=C/C=C\C=C/C=C\C=C/CCCC(=O)OC(COC(=O)CCCCCCC\C=C/C=C\C=C/C=C\C=C/CCC)COC(=O)CCCCCCCCCCCCCCC. The molecular weight excluding hydrogens is 769 g/mol. The molecule has 6 nitrogen and oxygen atoms in total. The Balaban J connectivity index is 4.55. The highest BCUT2D eigenvalue weighted by Crippen LogP contribution is 2.14. The van der Waals surface area contributed by atoms with Gasteiger partial charge >= 0.3 is 17.9 Å². The van der Waals surface area contributed by atoms with Crippen LogP contribution in [0, 0.1) is 0 Å². The van der Waals surface area contributed by atoms with E-state index in [1.807, 2.05) is 91.1 Å². The second kappa shape index (κ2) is 49.5. The van der Waals surface area contributed by atoms with E-state index in [0.717, 1.165) is 77.0 Å². The van der Waals surface area contributed by atoms with Gasteiger partial charge in [0.05, 0.1) is 0 Å². The first kappa shape index (κ1) is 57.8. The van der Waals surface area contributed by atoms with Gasteiger partial charge in [-0.1, -0.05) is 245 Å². The molecule has 348 valence electrons. The molecule has 0 spiro atoms. The standard InChI is InChI=1S/C56H88O6/c1-4-7-10-13-16-19-22-25-26-27-28-29-32-34-37-40-43-46-49-55(58)61-52-53(62-56(59)50-47-44-41-38-35-31-24-21-18-15-12-9-6-3)51-60-54(57)48-45-42-39-36-33-30-23-20-17-14-11-8-5-2/h9-10,12-13,15-16,18-19,21-22,24-29,31,35,38,41,53H,4-8,11,14,17,20,23,30,32-34,36-37,39-40,42-52H2,1-3H3/b12-9-,13-10-,18-15-,19-16-,24-21-,25-22-,27-26-,29-28-,35-31-,41-38-. The van der Waals surface area contributed by atoms with Gasteiger partial charge in [0.2, 0.25) is 0 Å². The van der Waals surface area contributed by atoms with Gasteiger partial charge in [0.25, 0.3) is 0 Å². The first-order chi connectivity index (χ1) is 30.5. The normalized spacial score (nSPS) is 13.1. The average molecular weight is 857 g/mol. The van der Waals surface area contributed by atoms with Crippen LogP contribution in [0.1, 0.15) is 194 Å². The smallest absolute Gasteiger partial charge is 0.306 e. The third kappa shape index (κ3) is 46.9. The molecule has 0 radical (unpaired) electrons. The molecule has 0 saturated carbocycles. The maximum absolute atomic E-state index is 12.7. The highest BCUT2D eigenvalue weighted by atomic mass is 16.6. The van der Waals surface area contributed by atoms with E-state index in [0.29, 0.717) is 19.3 Å². The molecule has 0 aliphatic rings. The molecular formula is C56H88O6. The number of ether oxygens (including phenoxy) is 3. The summed E-state index contributed by atoms with van der Waals surface area (Å²) in [6, 6.07) is 0. The minimum Gasteiger partial charge on any atom is -0.462 e. The minimum atomic E-state index is -0.827. The Labute approximate surface area is 380 Å². The average Bonchev–Trinajstić information content (AvgIpc) is 3.27. The number of allylic oxidation sites excluding steroid dienone is 20. The third-order valence-electron chi connectivity index (χ3n) is 9.94. The van der Waals surface area contributed by atoms with E-state index in [1.165, 1.54) is 70.6 Å². The number of carbonyl (C=O) groups excluding carboxylic acids is 3. The monoisotopic (exact) mass is 857 g/mol. The van der Waals surface area contributed by atoms with E-state index in [1.54, 1.807) is 0 Å². The van der Waals surface area contributed by atoms with Crippen LogP contribution in [0.25, 0.3) is 0 Å². The summed E-state index contributed by atoms with van der Waals surface area (Å²) in [5, 5.41) is 0. The first-order valence-electron chi connectivity index (χ1n) is 24.7. The summed E-state index contributed by atoms with van der Waals surface area (Å²) in [7, 11) is 0. The maximum atomic E-state index is 12.7. The van der Waals surface area contributed by atoms with Crippen LogP contribution in [0.2, 0.25) is 0 Å². The van der Waals surface area contributed by atoms with Crippen LogP contribution < -0.4 is 0 Å². The highest BCUT2D eigenvalue weighted by molar-refractivity contribution is 5.71. The molecule has 6 heteroatoms. The molecule has 0 aromatic rings. The molecule has 62 heavy (non-hydrogen) atoms. The van der Waals surface area contributed by atoms with Gasteiger partial charge in [-0.15, -0.1) is 0 Å². The summed E-state index contributed by atoms with van der Waals surface area (Å²) < 4.78 is 16.7. The summed E-state index contributed by atoms with van der Waals surface area (Å²) in [6.45, 7) is 6.30. The lowest BCUT2D eigenvalue weighted by Gasteiger charge is -2.18. The van der Waals surface area contributed by atoms with Crippen LogP contribution in [0.5, 0.6) is 0 Å². The zero-order chi connectivity index (χ0) is 45.1. The predicted molar refractivity (Wildman–Crippen MR) is 265 cm³/mol. The first-order valence-corrected chi connectivity index (χ1v) is 24.7. The van der Waals surface area contributed by atoms with E-state index in [9.17, 15) is 14.4 Å². The zero-order valence-electron chi connectivity index (χ0n) is 39.6. The van der Waals surface area contributed by atoms with Crippen molar-refractivity contribution < 1.29 is 28.6 Å². The lowest BCUT2D eigenvalue weighted by atomic mass is 10.0. The number of unbranched alkanes of at least 4 members (excludes halogenated alkanes) is 19. The number of rotatable bonds is 42. The molecule has 0 heterocycles. The van der Waals surface area contributed by atoms with Crippen molar-refractivity contribution in [1.82, 2.24) is 0 Å². The molecule has 1 atom stereocenters. The molecule has 0 aliphatic heterocycles. The van der Waals surface area contributed by atoms with Crippen LogP contribution in [-0.4, -0.2) is 37.2 Å². The Bertz CT molecular complexity index is 1350. The van der Waals surface area contributed by atoms with Crippen molar-refractivity contribution >= 4 is 17.9 Å². The molecule has 0 bridgehead atoms. The Morgan fingerprint density at radius 2 is 0.677 bits per heavy atom. The predicted octanol–water partition coefficient (Wildman–Crippen LogP) is 16.1. The maximum Gasteiger partial charge on any atom is 0.306 e. The Morgan fingerprint density at radius 1 is 0.339 bits per heavy atom. The minimum absolute atomic E-state index is 0.117. The van der Waals surface area contributed by atoms with Crippen molar-refractivity contribution in [3.63, 3.8) is 0 Å². The van der Waals surface area contributed by atoms with Crippen LogP contribution >= 0.6 is 0 Å². The molecule has 0 rings (SSSR count). The third-order valence-corrected chi connectivity index (χ3v) is 9.94. The Morgan fingerprint density at radius 3 is 1.10 bits per heavy atom. The molecule has 0 aromatic carbocycles. The fourth-order valence-electron chi connectivity index (χ4n) is 6.27. The molecule has 0 fully saturated rings. The highest BCUT2D eigenvalue weighted by Gasteiger charge is 2.19. The Kier molecular flexibility index (Phi) is 46.1. The summed E-state index contributed by atoms with van der Waals surface area (Å²) in [5.74, 6) is -1.03. The van der Waals surface area contributed by atoms with E-state index in [2.05, 4.69) is 51.2 Å². The fourth-order valence-corrected chi connectivity index (χ4v) is 6.27. The number of hydrogen-bond acceptors (Lipinski definition) is 6. The summed E-state index contributed by atoms with van der Waals surface area (Å²) in [6.07, 6.45) is 67.5. The van der Waals surface area contributed by atoms with E-state index < -0.39 is 12.1 Å². The largest absolute Gasteiger partial charge is 0.462 e. The molecule has 1 unspecified atom stereocenters. The molecule has 0 amide bonds. The summed E-state index contributed by atoms with van der Waals surface area (Å²) >= 11 is 0. The lowest BCUT2D eigenvalue weighted by molar-refractivity contribution is -0.167. The van der Waals surface area contributed by atoms with Gasteiger partial charge in [-0.25, -0.2) is 0 Å². The van der Waals surface area contributed by atoms with Gasteiger partial charge in [-0.05, 0) is 51.4 Å².